The van der Waals surface area contributed by atoms with Crippen molar-refractivity contribution in [2.24, 2.45) is 0 Å². The average Bonchev–Trinajstić information content (AvgIpc) is 3.08. The Morgan fingerprint density at radius 3 is 0.980 bits per heavy atom. The van der Waals surface area contributed by atoms with Gasteiger partial charge in [-0.3, -0.25) is 28.8 Å². The molecule has 0 aromatic rings. The van der Waals surface area contributed by atoms with Gasteiger partial charge in [-0.2, -0.15) is 0 Å². The van der Waals surface area contributed by atoms with Crippen molar-refractivity contribution in [1.29, 1.82) is 0 Å². The Morgan fingerprint density at radius 2 is 0.680 bits per heavy atom. The maximum absolute atomic E-state index is 12.3. The number of unbranched alkanes of at least 4 members (excludes halogenated alkanes) is 17. The molecule has 0 bridgehead atoms. The van der Waals surface area contributed by atoms with E-state index in [2.05, 4.69) is 35.1 Å². The minimum Gasteiger partial charge on any atom is -0.356 e. The first-order valence-corrected chi connectivity index (χ1v) is 20.2. The summed E-state index contributed by atoms with van der Waals surface area (Å²) in [4.78, 5) is 73.4. The minimum atomic E-state index is -0.655. The highest BCUT2D eigenvalue weighted by Crippen LogP contribution is 2.12. The van der Waals surface area contributed by atoms with E-state index < -0.39 is 12.1 Å². The maximum atomic E-state index is 12.3. The Labute approximate surface area is 304 Å². The number of Topliss-reactive ketones (excluding diaryl/α,β-unsaturated/α-hetero) is 2. The molecule has 0 aliphatic heterocycles. The maximum Gasteiger partial charge on any atom is 0.220 e. The summed E-state index contributed by atoms with van der Waals surface area (Å²) >= 11 is 0. The molecule has 0 saturated heterocycles. The van der Waals surface area contributed by atoms with Gasteiger partial charge in [-0.15, -0.1) is 0 Å². The predicted octanol–water partition coefficient (Wildman–Crippen LogP) is 7.55. The summed E-state index contributed by atoms with van der Waals surface area (Å²) in [7, 11) is 0. The van der Waals surface area contributed by atoms with Crippen LogP contribution >= 0.6 is 0 Å². The first kappa shape index (κ1) is 47.2. The fourth-order valence-electron chi connectivity index (χ4n) is 5.91. The monoisotopic (exact) mass is 707 g/mol. The van der Waals surface area contributed by atoms with Crippen LogP contribution in [0.1, 0.15) is 195 Å². The number of amides is 4. The molecule has 4 amide bonds. The van der Waals surface area contributed by atoms with E-state index in [9.17, 15) is 28.8 Å². The van der Waals surface area contributed by atoms with Gasteiger partial charge in [0.2, 0.25) is 23.6 Å². The lowest BCUT2D eigenvalue weighted by Crippen LogP contribution is -2.40. The van der Waals surface area contributed by atoms with Gasteiger partial charge >= 0.3 is 0 Å². The van der Waals surface area contributed by atoms with Gasteiger partial charge in [-0.05, 0) is 52.4 Å². The van der Waals surface area contributed by atoms with Gasteiger partial charge in [0.1, 0.15) is 0 Å². The van der Waals surface area contributed by atoms with Crippen LogP contribution in [0.5, 0.6) is 0 Å². The number of carbonyl (C=O) groups excluding carboxylic acids is 6. The molecular formula is C40H74N4O6. The van der Waals surface area contributed by atoms with Gasteiger partial charge < -0.3 is 21.3 Å². The van der Waals surface area contributed by atoms with Crippen molar-refractivity contribution >= 4 is 35.2 Å². The van der Waals surface area contributed by atoms with Crippen LogP contribution in [0.4, 0.5) is 0 Å². The summed E-state index contributed by atoms with van der Waals surface area (Å²) in [6.45, 7) is 8.19. The number of rotatable bonds is 35. The van der Waals surface area contributed by atoms with Crippen LogP contribution in [-0.2, 0) is 28.8 Å². The topological polar surface area (TPSA) is 151 Å². The van der Waals surface area contributed by atoms with Gasteiger partial charge in [0, 0.05) is 38.8 Å². The molecule has 290 valence electrons. The van der Waals surface area contributed by atoms with Gasteiger partial charge in [-0.25, -0.2) is 0 Å². The third kappa shape index (κ3) is 30.1. The van der Waals surface area contributed by atoms with Crippen molar-refractivity contribution in [2.75, 3.05) is 13.1 Å². The summed E-state index contributed by atoms with van der Waals surface area (Å²) in [6, 6.07) is -1.31. The number of nitrogens with one attached hydrogen (secondary N) is 4. The largest absolute Gasteiger partial charge is 0.356 e. The Bertz CT molecular complexity index is 867. The summed E-state index contributed by atoms with van der Waals surface area (Å²) < 4.78 is 0. The predicted molar refractivity (Wildman–Crippen MR) is 203 cm³/mol. The lowest BCUT2D eigenvalue weighted by atomic mass is 10.1. The van der Waals surface area contributed by atoms with Crippen LogP contribution < -0.4 is 21.3 Å². The van der Waals surface area contributed by atoms with Crippen molar-refractivity contribution in [3.63, 3.8) is 0 Å². The molecule has 0 aromatic carbocycles. The molecule has 0 saturated carbocycles. The molecule has 0 radical (unpaired) electrons. The van der Waals surface area contributed by atoms with Crippen molar-refractivity contribution in [1.82, 2.24) is 21.3 Å². The van der Waals surface area contributed by atoms with Crippen LogP contribution in [0.3, 0.4) is 0 Å². The normalized spacial score (nSPS) is 12.2. The molecule has 10 heteroatoms. The van der Waals surface area contributed by atoms with Crippen LogP contribution in [0.25, 0.3) is 0 Å². The fraction of sp³-hybridized carbons (Fsp3) is 0.850. The average molecular weight is 707 g/mol. The first-order chi connectivity index (χ1) is 24.1. The standard InChI is InChI=1S/C40H74N4O6/c1-5-7-9-11-13-15-17-19-21-25-39(49)43-35(33(3)45)27-29-37(47)41-31-23-24-32-42-38(48)30-28-36(34(4)46)44-40(50)26-22-20-18-16-14-12-10-8-6-2/h35-36H,5-32H2,1-4H3,(H,41,47)(H,42,48)(H,43,49)(H,44,50). The number of ketones is 2. The van der Waals surface area contributed by atoms with Gasteiger partial charge in [0.05, 0.1) is 12.1 Å². The van der Waals surface area contributed by atoms with Crippen LogP contribution in [-0.4, -0.2) is 60.4 Å². The molecule has 0 aliphatic carbocycles. The molecule has 10 nitrogen and oxygen atoms in total. The Hall–Kier alpha value is -2.78. The van der Waals surface area contributed by atoms with Gasteiger partial charge in [0.25, 0.3) is 0 Å². The minimum absolute atomic E-state index is 0.137. The molecule has 0 rings (SSSR count). The van der Waals surface area contributed by atoms with Crippen LogP contribution in [0, 0.1) is 0 Å². The number of carbonyl (C=O) groups is 6. The second kappa shape index (κ2) is 33.4. The smallest absolute Gasteiger partial charge is 0.220 e. The highest BCUT2D eigenvalue weighted by atomic mass is 16.2. The van der Waals surface area contributed by atoms with Crippen molar-refractivity contribution in [3.05, 3.63) is 0 Å². The molecule has 2 atom stereocenters. The van der Waals surface area contributed by atoms with E-state index in [0.29, 0.717) is 38.8 Å². The van der Waals surface area contributed by atoms with E-state index in [1.54, 1.807) is 0 Å². The van der Waals surface area contributed by atoms with E-state index in [1.165, 1.54) is 90.9 Å². The van der Waals surface area contributed by atoms with Gasteiger partial charge in [-0.1, -0.05) is 117 Å². The molecule has 0 heterocycles. The van der Waals surface area contributed by atoms with E-state index in [1.807, 2.05) is 0 Å². The first-order valence-electron chi connectivity index (χ1n) is 20.2. The molecular weight excluding hydrogens is 632 g/mol. The summed E-state index contributed by atoms with van der Waals surface area (Å²) in [5, 5.41) is 11.3. The van der Waals surface area contributed by atoms with E-state index in [0.717, 1.165) is 38.5 Å². The Morgan fingerprint density at radius 1 is 0.380 bits per heavy atom. The van der Waals surface area contributed by atoms with Crippen molar-refractivity contribution in [3.8, 4) is 0 Å². The molecule has 4 N–H and O–H groups in total. The Balaban J connectivity index is 4.01. The summed E-state index contributed by atoms with van der Waals surface area (Å²) in [5.74, 6) is -0.935. The van der Waals surface area contributed by atoms with E-state index in [-0.39, 0.29) is 60.9 Å². The third-order valence-corrected chi connectivity index (χ3v) is 9.23. The van der Waals surface area contributed by atoms with Crippen LogP contribution in [0.15, 0.2) is 0 Å². The van der Waals surface area contributed by atoms with E-state index >= 15 is 0 Å². The highest BCUT2D eigenvalue weighted by Gasteiger charge is 2.19. The van der Waals surface area contributed by atoms with Crippen molar-refractivity contribution < 1.29 is 28.8 Å². The van der Waals surface area contributed by atoms with Crippen LogP contribution in [0.2, 0.25) is 0 Å². The fourth-order valence-corrected chi connectivity index (χ4v) is 5.91. The van der Waals surface area contributed by atoms with Gasteiger partial charge in [0.15, 0.2) is 11.6 Å². The second-order valence-electron chi connectivity index (χ2n) is 14.1. The summed E-state index contributed by atoms with van der Waals surface area (Å²) in [5.41, 5.74) is 0. The zero-order valence-corrected chi connectivity index (χ0v) is 32.4. The third-order valence-electron chi connectivity index (χ3n) is 9.23. The van der Waals surface area contributed by atoms with Crippen molar-refractivity contribution in [2.45, 2.75) is 207 Å². The Kier molecular flexibility index (Phi) is 31.5. The lowest BCUT2D eigenvalue weighted by molar-refractivity contribution is -0.128. The molecule has 0 aliphatic rings. The second-order valence-corrected chi connectivity index (χ2v) is 14.1. The number of hydrogen-bond acceptors (Lipinski definition) is 6. The molecule has 0 spiro atoms. The molecule has 50 heavy (non-hydrogen) atoms. The number of hydrogen-bond donors (Lipinski definition) is 4. The molecule has 0 aromatic heterocycles. The quantitative estimate of drug-likeness (QED) is 0.0500. The zero-order valence-electron chi connectivity index (χ0n) is 32.4. The zero-order chi connectivity index (χ0) is 37.2. The molecule has 0 fully saturated rings. The lowest BCUT2D eigenvalue weighted by Gasteiger charge is -2.16. The highest BCUT2D eigenvalue weighted by molar-refractivity contribution is 5.89. The van der Waals surface area contributed by atoms with E-state index in [4.69, 9.17) is 0 Å². The molecule has 2 unspecified atom stereocenters. The summed E-state index contributed by atoms with van der Waals surface area (Å²) in [6.07, 6.45) is 24.1. The SMILES string of the molecule is CCCCCCCCCCCC(=O)NC(CCC(=O)NCCCCNC(=O)CCC(NC(=O)CCCCCCCCCCC)C(C)=O)C(C)=O.